The average Bonchev–Trinajstić information content (AvgIpc) is 2.28. The van der Waals surface area contributed by atoms with Crippen LogP contribution in [0.3, 0.4) is 0 Å². The van der Waals surface area contributed by atoms with Crippen LogP contribution in [0.2, 0.25) is 0 Å². The van der Waals surface area contributed by atoms with Crippen molar-refractivity contribution in [1.82, 2.24) is 5.32 Å². The van der Waals surface area contributed by atoms with E-state index in [9.17, 15) is 9.90 Å². The summed E-state index contributed by atoms with van der Waals surface area (Å²) in [5, 5.41) is 12.4. The molecule has 0 spiro atoms. The van der Waals surface area contributed by atoms with Crippen molar-refractivity contribution in [3.05, 3.63) is 29.3 Å². The van der Waals surface area contributed by atoms with Gasteiger partial charge >= 0.3 is 5.97 Å². The van der Waals surface area contributed by atoms with Crippen molar-refractivity contribution in [2.24, 2.45) is 0 Å². The molecule has 16 heavy (non-hydrogen) atoms. The molecular weight excluding hydrogens is 206 g/mol. The van der Waals surface area contributed by atoms with E-state index in [2.05, 4.69) is 5.32 Å². The standard InChI is InChI=1S/C12H15NO3/c1-2-16-12(15)11-6-8-3-4-10(14)5-9(8)7-13-11/h3-5,11,13-14H,2,6-7H2,1H3/t11-/m0/s1. The van der Waals surface area contributed by atoms with Crippen molar-refractivity contribution < 1.29 is 14.6 Å². The first-order valence-electron chi connectivity index (χ1n) is 5.41. The number of aromatic hydroxyl groups is 1. The zero-order valence-corrected chi connectivity index (χ0v) is 9.19. The maximum atomic E-state index is 11.5. The molecule has 0 aromatic heterocycles. The van der Waals surface area contributed by atoms with E-state index >= 15 is 0 Å². The molecule has 2 rings (SSSR count). The van der Waals surface area contributed by atoms with E-state index in [1.54, 1.807) is 19.1 Å². The van der Waals surface area contributed by atoms with E-state index in [0.29, 0.717) is 19.6 Å². The number of phenolic OH excluding ortho intramolecular Hbond substituents is 1. The Balaban J connectivity index is 2.12. The number of benzene rings is 1. The second-order valence-electron chi connectivity index (χ2n) is 3.84. The van der Waals surface area contributed by atoms with E-state index in [1.165, 1.54) is 0 Å². The van der Waals surface area contributed by atoms with Crippen LogP contribution < -0.4 is 5.32 Å². The Morgan fingerprint density at radius 2 is 2.38 bits per heavy atom. The van der Waals surface area contributed by atoms with Gasteiger partial charge in [0.25, 0.3) is 0 Å². The lowest BCUT2D eigenvalue weighted by Crippen LogP contribution is -2.42. The molecule has 0 saturated heterocycles. The summed E-state index contributed by atoms with van der Waals surface area (Å²) < 4.78 is 4.97. The summed E-state index contributed by atoms with van der Waals surface area (Å²) in [5.74, 6) is 0.0522. The smallest absolute Gasteiger partial charge is 0.323 e. The number of carbonyl (C=O) groups excluding carboxylic acids is 1. The zero-order chi connectivity index (χ0) is 11.5. The topological polar surface area (TPSA) is 58.6 Å². The quantitative estimate of drug-likeness (QED) is 0.731. The Bertz CT molecular complexity index is 403. The third-order valence-corrected chi connectivity index (χ3v) is 2.72. The van der Waals surface area contributed by atoms with E-state index in [-0.39, 0.29) is 17.8 Å². The number of phenols is 1. The van der Waals surface area contributed by atoms with E-state index in [1.807, 2.05) is 6.07 Å². The number of esters is 1. The molecule has 0 unspecified atom stereocenters. The minimum atomic E-state index is -0.267. The lowest BCUT2D eigenvalue weighted by Gasteiger charge is -2.24. The lowest BCUT2D eigenvalue weighted by atomic mass is 9.96. The lowest BCUT2D eigenvalue weighted by molar-refractivity contribution is -0.145. The van der Waals surface area contributed by atoms with Gasteiger partial charge in [-0.2, -0.15) is 0 Å². The molecule has 0 fully saturated rings. The van der Waals surface area contributed by atoms with Crippen LogP contribution in [0.15, 0.2) is 18.2 Å². The van der Waals surface area contributed by atoms with Crippen molar-refractivity contribution in [3.63, 3.8) is 0 Å². The molecule has 0 aliphatic carbocycles. The van der Waals surface area contributed by atoms with E-state index in [4.69, 9.17) is 4.74 Å². The number of nitrogens with one attached hydrogen (secondary N) is 1. The van der Waals surface area contributed by atoms with Crippen molar-refractivity contribution in [2.45, 2.75) is 25.9 Å². The SMILES string of the molecule is CCOC(=O)[C@@H]1Cc2ccc(O)cc2CN1. The van der Waals surface area contributed by atoms with Crippen LogP contribution in [0.5, 0.6) is 5.75 Å². The maximum Gasteiger partial charge on any atom is 0.323 e. The molecule has 0 saturated carbocycles. The summed E-state index contributed by atoms with van der Waals surface area (Å²) >= 11 is 0. The molecule has 1 aromatic rings. The molecule has 1 atom stereocenters. The molecule has 86 valence electrons. The largest absolute Gasteiger partial charge is 0.508 e. The molecule has 0 bridgehead atoms. The van der Waals surface area contributed by atoms with Gasteiger partial charge in [-0.25, -0.2) is 0 Å². The number of rotatable bonds is 2. The Kier molecular flexibility index (Phi) is 3.10. The van der Waals surface area contributed by atoms with Crippen LogP contribution in [0, 0.1) is 0 Å². The first-order chi connectivity index (χ1) is 7.70. The number of fused-ring (bicyclic) bond motifs is 1. The number of hydrogen-bond donors (Lipinski definition) is 2. The Hall–Kier alpha value is -1.55. The summed E-state index contributed by atoms with van der Waals surface area (Å²) in [5.41, 5.74) is 2.13. The average molecular weight is 221 g/mol. The summed E-state index contributed by atoms with van der Waals surface area (Å²) in [4.78, 5) is 11.5. The van der Waals surface area contributed by atoms with Crippen LogP contribution >= 0.6 is 0 Å². The molecule has 1 aliphatic rings. The van der Waals surface area contributed by atoms with E-state index < -0.39 is 0 Å². The summed E-state index contributed by atoms with van der Waals surface area (Å²) in [7, 11) is 0. The minimum Gasteiger partial charge on any atom is -0.508 e. The van der Waals surface area contributed by atoms with Gasteiger partial charge in [0.15, 0.2) is 0 Å². The molecule has 4 heteroatoms. The Morgan fingerprint density at radius 3 is 3.12 bits per heavy atom. The van der Waals surface area contributed by atoms with Gasteiger partial charge in [-0.15, -0.1) is 0 Å². The van der Waals surface area contributed by atoms with Crippen LogP contribution in [0.1, 0.15) is 18.1 Å². The van der Waals surface area contributed by atoms with Gasteiger partial charge in [0.1, 0.15) is 11.8 Å². The van der Waals surface area contributed by atoms with Crippen LogP contribution in [-0.4, -0.2) is 23.7 Å². The summed E-state index contributed by atoms with van der Waals surface area (Å²) in [6.07, 6.45) is 0.619. The normalized spacial score (nSPS) is 18.9. The first kappa shape index (κ1) is 11.0. The van der Waals surface area contributed by atoms with Crippen molar-refractivity contribution >= 4 is 5.97 Å². The molecule has 0 radical (unpaired) electrons. The van der Waals surface area contributed by atoms with Gasteiger partial charge in [0.05, 0.1) is 6.61 Å². The fourth-order valence-electron chi connectivity index (χ4n) is 1.91. The third kappa shape index (κ3) is 2.17. The fraction of sp³-hybridized carbons (Fsp3) is 0.417. The first-order valence-corrected chi connectivity index (χ1v) is 5.41. The molecule has 1 aliphatic heterocycles. The third-order valence-electron chi connectivity index (χ3n) is 2.72. The molecule has 0 amide bonds. The predicted molar refractivity (Wildman–Crippen MR) is 59.1 cm³/mol. The van der Waals surface area contributed by atoms with Gasteiger partial charge in [-0.1, -0.05) is 6.07 Å². The maximum absolute atomic E-state index is 11.5. The van der Waals surface area contributed by atoms with Crippen molar-refractivity contribution in [1.29, 1.82) is 0 Å². The zero-order valence-electron chi connectivity index (χ0n) is 9.19. The number of ether oxygens (including phenoxy) is 1. The van der Waals surface area contributed by atoms with Crippen molar-refractivity contribution in [2.75, 3.05) is 6.61 Å². The highest BCUT2D eigenvalue weighted by molar-refractivity contribution is 5.76. The number of carbonyl (C=O) groups is 1. The summed E-state index contributed by atoms with van der Waals surface area (Å²) in [6, 6.07) is 4.96. The van der Waals surface area contributed by atoms with Crippen LogP contribution in [-0.2, 0) is 22.5 Å². The van der Waals surface area contributed by atoms with Crippen molar-refractivity contribution in [3.8, 4) is 5.75 Å². The van der Waals surface area contributed by atoms with E-state index in [0.717, 1.165) is 11.1 Å². The van der Waals surface area contributed by atoms with Crippen LogP contribution in [0.4, 0.5) is 0 Å². The highest BCUT2D eigenvalue weighted by Gasteiger charge is 2.25. The minimum absolute atomic E-state index is 0.207. The van der Waals surface area contributed by atoms with Crippen LogP contribution in [0.25, 0.3) is 0 Å². The van der Waals surface area contributed by atoms with Gasteiger partial charge in [-0.05, 0) is 36.6 Å². The van der Waals surface area contributed by atoms with Gasteiger partial charge in [-0.3, -0.25) is 4.79 Å². The monoisotopic (exact) mass is 221 g/mol. The second-order valence-corrected chi connectivity index (χ2v) is 3.84. The highest BCUT2D eigenvalue weighted by Crippen LogP contribution is 2.21. The molecule has 4 nitrogen and oxygen atoms in total. The molecule has 2 N–H and O–H groups in total. The Labute approximate surface area is 94.2 Å². The molecular formula is C12H15NO3. The Morgan fingerprint density at radius 1 is 1.56 bits per heavy atom. The van der Waals surface area contributed by atoms with Gasteiger partial charge in [0.2, 0.25) is 0 Å². The van der Waals surface area contributed by atoms with Gasteiger partial charge < -0.3 is 15.2 Å². The number of hydrogen-bond acceptors (Lipinski definition) is 4. The summed E-state index contributed by atoms with van der Waals surface area (Å²) in [6.45, 7) is 2.79. The highest BCUT2D eigenvalue weighted by atomic mass is 16.5. The molecule has 1 aromatic carbocycles. The fourth-order valence-corrected chi connectivity index (χ4v) is 1.91. The second kappa shape index (κ2) is 4.53. The molecule has 1 heterocycles. The van der Waals surface area contributed by atoms with Gasteiger partial charge in [0, 0.05) is 6.54 Å². The predicted octanol–water partition coefficient (Wildman–Crippen LogP) is 0.970.